The molecule has 0 spiro atoms. The molecule has 2 rings (SSSR count). The third kappa shape index (κ3) is 5.34. The number of non-ortho nitro benzene ring substituents is 1. The highest BCUT2D eigenvalue weighted by atomic mass is 16.6. The lowest BCUT2D eigenvalue weighted by Gasteiger charge is -2.18. The first-order valence-electron chi connectivity index (χ1n) is 8.41. The zero-order valence-corrected chi connectivity index (χ0v) is 16.4. The van der Waals surface area contributed by atoms with Crippen LogP contribution < -0.4 is 19.5 Å². The molecule has 0 aliphatic carbocycles. The lowest BCUT2D eigenvalue weighted by Crippen LogP contribution is -2.26. The van der Waals surface area contributed by atoms with Gasteiger partial charge in [0.05, 0.1) is 36.5 Å². The Balaban J connectivity index is 2.21. The first-order chi connectivity index (χ1) is 13.8. The van der Waals surface area contributed by atoms with E-state index in [4.69, 9.17) is 14.2 Å². The third-order valence-electron chi connectivity index (χ3n) is 3.83. The number of nitrogens with one attached hydrogen (secondary N) is 1. The smallest absolute Gasteiger partial charge is 0.273 e. The SMILES string of the molecule is COc1cc(NC(=O)COc2cccc([N+](=O)[O-])c2)c(C(=O)N(C)C)cc1OC. The minimum absolute atomic E-state index is 0.151. The average Bonchev–Trinajstić information content (AvgIpc) is 2.71. The van der Waals surface area contributed by atoms with E-state index in [1.165, 1.54) is 55.5 Å². The first kappa shape index (κ1) is 21.5. The summed E-state index contributed by atoms with van der Waals surface area (Å²) in [5.41, 5.74) is 0.270. The lowest BCUT2D eigenvalue weighted by atomic mass is 10.1. The van der Waals surface area contributed by atoms with E-state index in [1.54, 1.807) is 14.1 Å². The van der Waals surface area contributed by atoms with Crippen molar-refractivity contribution < 1.29 is 28.7 Å². The van der Waals surface area contributed by atoms with Gasteiger partial charge in [0.15, 0.2) is 18.1 Å². The molecule has 10 heteroatoms. The fourth-order valence-corrected chi connectivity index (χ4v) is 2.42. The summed E-state index contributed by atoms with van der Waals surface area (Å²) in [7, 11) is 6.03. The fraction of sp³-hybridized carbons (Fsp3) is 0.263. The second kappa shape index (κ2) is 9.40. The topological polar surface area (TPSA) is 120 Å². The number of nitro groups is 1. The Hall–Kier alpha value is -3.82. The summed E-state index contributed by atoms with van der Waals surface area (Å²) in [5.74, 6) is -0.0649. The molecule has 0 saturated heterocycles. The highest BCUT2D eigenvalue weighted by molar-refractivity contribution is 6.04. The molecule has 154 valence electrons. The summed E-state index contributed by atoms with van der Waals surface area (Å²) in [6.45, 7) is -0.412. The third-order valence-corrected chi connectivity index (χ3v) is 3.83. The molecule has 0 bridgehead atoms. The normalized spacial score (nSPS) is 10.1. The van der Waals surface area contributed by atoms with Crippen LogP contribution in [-0.4, -0.2) is 56.6 Å². The highest BCUT2D eigenvalue weighted by Gasteiger charge is 2.20. The molecule has 0 aliphatic heterocycles. The molecule has 0 aromatic heterocycles. The summed E-state index contributed by atoms with van der Waals surface area (Å²) in [6.07, 6.45) is 0. The van der Waals surface area contributed by atoms with Gasteiger partial charge in [-0.3, -0.25) is 19.7 Å². The van der Waals surface area contributed by atoms with Crippen molar-refractivity contribution in [2.45, 2.75) is 0 Å². The number of anilines is 1. The number of methoxy groups -OCH3 is 2. The molecule has 0 fully saturated rings. The van der Waals surface area contributed by atoms with E-state index in [0.717, 1.165) is 0 Å². The Bertz CT molecular complexity index is 928. The molecule has 2 aromatic carbocycles. The maximum absolute atomic E-state index is 12.5. The molecule has 10 nitrogen and oxygen atoms in total. The second-order valence-corrected chi connectivity index (χ2v) is 6.04. The minimum Gasteiger partial charge on any atom is -0.493 e. The van der Waals surface area contributed by atoms with Crippen molar-refractivity contribution in [1.29, 1.82) is 0 Å². The predicted octanol–water partition coefficient (Wildman–Crippen LogP) is 2.33. The van der Waals surface area contributed by atoms with Gasteiger partial charge >= 0.3 is 0 Å². The fourth-order valence-electron chi connectivity index (χ4n) is 2.42. The summed E-state index contributed by atoms with van der Waals surface area (Å²) < 4.78 is 15.7. The molecule has 0 radical (unpaired) electrons. The number of amides is 2. The van der Waals surface area contributed by atoms with Gasteiger partial charge in [-0.2, -0.15) is 0 Å². The van der Waals surface area contributed by atoms with Gasteiger partial charge in [-0.15, -0.1) is 0 Å². The molecule has 0 heterocycles. The Morgan fingerprint density at radius 2 is 1.76 bits per heavy atom. The van der Waals surface area contributed by atoms with Crippen LogP contribution in [0.3, 0.4) is 0 Å². The van der Waals surface area contributed by atoms with E-state index in [2.05, 4.69) is 5.32 Å². The van der Waals surface area contributed by atoms with Gasteiger partial charge in [0.2, 0.25) is 0 Å². The standard InChI is InChI=1S/C19H21N3O7/c1-21(2)19(24)14-9-16(27-3)17(28-4)10-15(14)20-18(23)11-29-13-7-5-6-12(8-13)22(25)26/h5-10H,11H2,1-4H3,(H,20,23). The van der Waals surface area contributed by atoms with E-state index in [9.17, 15) is 19.7 Å². The van der Waals surface area contributed by atoms with Gasteiger partial charge in [-0.1, -0.05) is 6.07 Å². The van der Waals surface area contributed by atoms with E-state index < -0.39 is 17.4 Å². The first-order valence-corrected chi connectivity index (χ1v) is 8.41. The molecule has 2 amide bonds. The van der Waals surface area contributed by atoms with E-state index in [1.807, 2.05) is 0 Å². The van der Waals surface area contributed by atoms with Gasteiger partial charge in [-0.25, -0.2) is 0 Å². The van der Waals surface area contributed by atoms with Crippen molar-refractivity contribution in [3.05, 3.63) is 52.1 Å². The van der Waals surface area contributed by atoms with Crippen LogP contribution in [0.2, 0.25) is 0 Å². The largest absolute Gasteiger partial charge is 0.493 e. The number of carbonyl (C=O) groups is 2. The van der Waals surface area contributed by atoms with E-state index >= 15 is 0 Å². The number of rotatable bonds is 8. The molecule has 0 atom stereocenters. The van der Waals surface area contributed by atoms with Crippen molar-refractivity contribution in [2.75, 3.05) is 40.2 Å². The van der Waals surface area contributed by atoms with Crippen LogP contribution in [0, 0.1) is 10.1 Å². The maximum Gasteiger partial charge on any atom is 0.273 e. The highest BCUT2D eigenvalue weighted by Crippen LogP contribution is 2.34. The summed E-state index contributed by atoms with van der Waals surface area (Å²) in [4.78, 5) is 36.4. The molecule has 0 unspecified atom stereocenters. The molecular weight excluding hydrogens is 382 g/mol. The molecule has 0 aliphatic rings. The zero-order chi connectivity index (χ0) is 21.6. The van der Waals surface area contributed by atoms with E-state index in [-0.39, 0.29) is 28.6 Å². The molecule has 1 N–H and O–H groups in total. The maximum atomic E-state index is 12.5. The van der Waals surface area contributed by atoms with Gasteiger partial charge in [-0.05, 0) is 12.1 Å². The lowest BCUT2D eigenvalue weighted by molar-refractivity contribution is -0.384. The van der Waals surface area contributed by atoms with Crippen molar-refractivity contribution in [3.8, 4) is 17.2 Å². The quantitative estimate of drug-likeness (QED) is 0.530. The number of nitrogens with zero attached hydrogens (tertiary/aromatic N) is 2. The van der Waals surface area contributed by atoms with Crippen molar-refractivity contribution in [3.63, 3.8) is 0 Å². The number of nitro benzene ring substituents is 1. The van der Waals surface area contributed by atoms with Crippen LogP contribution in [0.15, 0.2) is 36.4 Å². The Morgan fingerprint density at radius 3 is 2.34 bits per heavy atom. The number of ether oxygens (including phenoxy) is 3. The zero-order valence-electron chi connectivity index (χ0n) is 16.4. The number of hydrogen-bond donors (Lipinski definition) is 1. The van der Waals surface area contributed by atoms with Crippen LogP contribution >= 0.6 is 0 Å². The van der Waals surface area contributed by atoms with E-state index in [0.29, 0.717) is 11.5 Å². The number of hydrogen-bond acceptors (Lipinski definition) is 7. The van der Waals surface area contributed by atoms with Gasteiger partial charge in [0.25, 0.3) is 17.5 Å². The number of carbonyl (C=O) groups excluding carboxylic acids is 2. The Kier molecular flexibility index (Phi) is 6.96. The molecular formula is C19H21N3O7. The monoisotopic (exact) mass is 403 g/mol. The Labute approximate surface area is 167 Å². The van der Waals surface area contributed by atoms with Gasteiger partial charge < -0.3 is 24.4 Å². The van der Waals surface area contributed by atoms with Gasteiger partial charge in [0.1, 0.15) is 5.75 Å². The summed E-state index contributed by atoms with van der Waals surface area (Å²) in [5, 5.41) is 13.4. The molecule has 0 saturated carbocycles. The van der Waals surface area contributed by atoms with Crippen LogP contribution in [0.1, 0.15) is 10.4 Å². The number of benzene rings is 2. The second-order valence-electron chi connectivity index (χ2n) is 6.04. The molecule has 2 aromatic rings. The molecule has 29 heavy (non-hydrogen) atoms. The van der Waals surface area contributed by atoms with Crippen LogP contribution in [0.25, 0.3) is 0 Å². The van der Waals surface area contributed by atoms with Gasteiger partial charge in [0, 0.05) is 26.2 Å². The minimum atomic E-state index is -0.560. The van der Waals surface area contributed by atoms with Crippen LogP contribution in [0.4, 0.5) is 11.4 Å². The predicted molar refractivity (Wildman–Crippen MR) is 105 cm³/mol. The summed E-state index contributed by atoms with van der Waals surface area (Å²) in [6, 6.07) is 8.42. The van der Waals surface area contributed by atoms with Crippen molar-refractivity contribution in [1.82, 2.24) is 4.90 Å². The van der Waals surface area contributed by atoms with Crippen LogP contribution in [-0.2, 0) is 4.79 Å². The average molecular weight is 403 g/mol. The van der Waals surface area contributed by atoms with Crippen LogP contribution in [0.5, 0.6) is 17.2 Å². The Morgan fingerprint density at radius 1 is 1.10 bits per heavy atom. The van der Waals surface area contributed by atoms with Crippen molar-refractivity contribution in [2.24, 2.45) is 0 Å². The summed E-state index contributed by atoms with van der Waals surface area (Å²) >= 11 is 0. The van der Waals surface area contributed by atoms with Crippen molar-refractivity contribution >= 4 is 23.2 Å².